The van der Waals surface area contributed by atoms with Crippen LogP contribution in [0, 0.1) is 5.92 Å². The maximum atomic E-state index is 12.7. The second-order valence-corrected chi connectivity index (χ2v) is 6.98. The SMILES string of the molecule is O=C(O)c1cn(CC2CCCN(C(=O)c3cn4ccsc4n3)C2)nn1. The fraction of sp³-hybridized carbons (Fsp3) is 0.400. The lowest BCUT2D eigenvalue weighted by Crippen LogP contribution is -2.41. The number of rotatable bonds is 4. The van der Waals surface area contributed by atoms with E-state index in [0.29, 0.717) is 25.3 Å². The van der Waals surface area contributed by atoms with Crippen LogP contribution < -0.4 is 0 Å². The summed E-state index contributed by atoms with van der Waals surface area (Å²) in [5.74, 6) is -0.943. The number of imidazole rings is 1. The van der Waals surface area contributed by atoms with Gasteiger partial charge >= 0.3 is 5.97 Å². The molecule has 1 fully saturated rings. The van der Waals surface area contributed by atoms with Gasteiger partial charge in [-0.1, -0.05) is 5.21 Å². The van der Waals surface area contributed by atoms with Crippen molar-refractivity contribution in [2.45, 2.75) is 19.4 Å². The smallest absolute Gasteiger partial charge is 0.358 e. The summed E-state index contributed by atoms with van der Waals surface area (Å²) in [5, 5.41) is 18.3. The van der Waals surface area contributed by atoms with Crippen LogP contribution in [0.5, 0.6) is 0 Å². The van der Waals surface area contributed by atoms with Gasteiger partial charge in [0.2, 0.25) is 0 Å². The first kappa shape index (κ1) is 15.8. The molecule has 0 saturated carbocycles. The molecule has 4 rings (SSSR count). The van der Waals surface area contributed by atoms with Crippen LogP contribution in [0.4, 0.5) is 0 Å². The number of fused-ring (bicyclic) bond motifs is 1. The highest BCUT2D eigenvalue weighted by atomic mass is 32.1. The Morgan fingerprint density at radius 2 is 2.20 bits per heavy atom. The molecule has 1 atom stereocenters. The van der Waals surface area contributed by atoms with Crippen LogP contribution in [0.15, 0.2) is 24.0 Å². The third kappa shape index (κ3) is 3.12. The van der Waals surface area contributed by atoms with Crippen LogP contribution in [0.25, 0.3) is 4.96 Å². The van der Waals surface area contributed by atoms with Gasteiger partial charge < -0.3 is 10.0 Å². The molecule has 1 amide bonds. The summed E-state index contributed by atoms with van der Waals surface area (Å²) < 4.78 is 3.39. The van der Waals surface area contributed by atoms with E-state index in [1.165, 1.54) is 22.2 Å². The molecule has 0 aliphatic carbocycles. The number of likely N-dealkylation sites (tertiary alicyclic amines) is 1. The molecular formula is C15H16N6O3S. The summed E-state index contributed by atoms with van der Waals surface area (Å²) in [6.45, 7) is 1.85. The predicted molar refractivity (Wildman–Crippen MR) is 88.7 cm³/mol. The Morgan fingerprint density at radius 1 is 1.32 bits per heavy atom. The lowest BCUT2D eigenvalue weighted by Gasteiger charge is -2.32. The van der Waals surface area contributed by atoms with E-state index in [-0.39, 0.29) is 17.5 Å². The van der Waals surface area contributed by atoms with Gasteiger partial charge in [0.15, 0.2) is 10.7 Å². The fourth-order valence-electron chi connectivity index (χ4n) is 3.14. The van der Waals surface area contributed by atoms with E-state index in [1.54, 1.807) is 6.20 Å². The van der Waals surface area contributed by atoms with Crippen molar-refractivity contribution in [3.63, 3.8) is 0 Å². The van der Waals surface area contributed by atoms with E-state index in [2.05, 4.69) is 15.3 Å². The largest absolute Gasteiger partial charge is 0.476 e. The van der Waals surface area contributed by atoms with Gasteiger partial charge in [-0.3, -0.25) is 13.9 Å². The van der Waals surface area contributed by atoms with Gasteiger partial charge in [-0.05, 0) is 18.8 Å². The molecule has 130 valence electrons. The van der Waals surface area contributed by atoms with Gasteiger partial charge in [0, 0.05) is 37.4 Å². The number of hydrogen-bond donors (Lipinski definition) is 1. The van der Waals surface area contributed by atoms with E-state index in [4.69, 9.17) is 5.11 Å². The lowest BCUT2D eigenvalue weighted by atomic mass is 9.98. The number of carbonyl (C=O) groups is 2. The normalized spacial score (nSPS) is 17.9. The molecule has 9 nitrogen and oxygen atoms in total. The van der Waals surface area contributed by atoms with Crippen molar-refractivity contribution in [2.24, 2.45) is 5.92 Å². The van der Waals surface area contributed by atoms with Gasteiger partial charge in [0.05, 0.1) is 6.20 Å². The Labute approximate surface area is 146 Å². The Morgan fingerprint density at radius 3 is 2.96 bits per heavy atom. The second kappa shape index (κ2) is 6.28. The summed E-state index contributed by atoms with van der Waals surface area (Å²) in [7, 11) is 0. The summed E-state index contributed by atoms with van der Waals surface area (Å²) in [6.07, 6.45) is 6.93. The topological polar surface area (TPSA) is 106 Å². The van der Waals surface area contributed by atoms with Gasteiger partial charge in [-0.25, -0.2) is 9.78 Å². The number of carboxylic acid groups (broad SMARTS) is 1. The highest BCUT2D eigenvalue weighted by Crippen LogP contribution is 2.21. The molecule has 1 aliphatic rings. The number of piperidine rings is 1. The number of thiazole rings is 1. The lowest BCUT2D eigenvalue weighted by molar-refractivity contribution is 0.0653. The summed E-state index contributed by atoms with van der Waals surface area (Å²) >= 11 is 1.49. The molecule has 3 aromatic heterocycles. The standard InChI is InChI=1S/C15H16N6O3S/c22-13(11-8-20-4-5-25-15(20)16-11)19-3-1-2-10(6-19)7-21-9-12(14(23)24)17-18-21/h4-5,8-10H,1-3,6-7H2,(H,23,24). The molecule has 3 aromatic rings. The van der Waals surface area contributed by atoms with Crippen molar-refractivity contribution in [1.29, 1.82) is 0 Å². The summed E-state index contributed by atoms with van der Waals surface area (Å²) in [6, 6.07) is 0. The van der Waals surface area contributed by atoms with Crippen molar-refractivity contribution in [3.8, 4) is 0 Å². The third-order valence-electron chi connectivity index (χ3n) is 4.32. The van der Waals surface area contributed by atoms with E-state index < -0.39 is 5.97 Å². The minimum Gasteiger partial charge on any atom is -0.476 e. The van der Waals surface area contributed by atoms with Crippen molar-refractivity contribution in [2.75, 3.05) is 13.1 Å². The van der Waals surface area contributed by atoms with Crippen molar-refractivity contribution < 1.29 is 14.7 Å². The zero-order valence-corrected chi connectivity index (χ0v) is 14.1. The van der Waals surface area contributed by atoms with E-state index in [1.807, 2.05) is 20.9 Å². The van der Waals surface area contributed by atoms with Gasteiger partial charge in [-0.2, -0.15) is 0 Å². The molecule has 0 bridgehead atoms. The molecule has 25 heavy (non-hydrogen) atoms. The number of nitrogens with zero attached hydrogens (tertiary/aromatic N) is 6. The van der Waals surface area contributed by atoms with Crippen LogP contribution in [-0.4, -0.2) is 59.4 Å². The molecule has 1 unspecified atom stereocenters. The second-order valence-electron chi connectivity index (χ2n) is 6.11. The zero-order chi connectivity index (χ0) is 17.4. The highest BCUT2D eigenvalue weighted by molar-refractivity contribution is 7.15. The number of carboxylic acids is 1. The van der Waals surface area contributed by atoms with E-state index in [9.17, 15) is 9.59 Å². The summed E-state index contributed by atoms with van der Waals surface area (Å²) in [5.41, 5.74) is 0.392. The molecule has 10 heteroatoms. The van der Waals surface area contributed by atoms with Gasteiger partial charge in [0.25, 0.3) is 5.91 Å². The molecule has 0 spiro atoms. The molecular weight excluding hydrogens is 344 g/mol. The number of hydrogen-bond acceptors (Lipinski definition) is 6. The predicted octanol–water partition coefficient (Wildman–Crippen LogP) is 1.24. The average molecular weight is 360 g/mol. The van der Waals surface area contributed by atoms with Crippen molar-refractivity contribution >= 4 is 28.2 Å². The molecule has 4 heterocycles. The quantitative estimate of drug-likeness (QED) is 0.750. The third-order valence-corrected chi connectivity index (χ3v) is 5.09. The first-order valence-corrected chi connectivity index (χ1v) is 8.83. The number of aromatic carboxylic acids is 1. The molecule has 0 aromatic carbocycles. The van der Waals surface area contributed by atoms with Crippen LogP contribution in [-0.2, 0) is 6.54 Å². The minimum atomic E-state index is -1.09. The summed E-state index contributed by atoms with van der Waals surface area (Å²) in [4.78, 5) is 30.6. The maximum Gasteiger partial charge on any atom is 0.358 e. The molecule has 1 saturated heterocycles. The number of aromatic nitrogens is 5. The van der Waals surface area contributed by atoms with E-state index >= 15 is 0 Å². The maximum absolute atomic E-state index is 12.7. The van der Waals surface area contributed by atoms with Gasteiger partial charge in [-0.15, -0.1) is 16.4 Å². The van der Waals surface area contributed by atoms with Crippen molar-refractivity contribution in [3.05, 3.63) is 35.4 Å². The monoisotopic (exact) mass is 360 g/mol. The Hall–Kier alpha value is -2.75. The molecule has 1 aliphatic heterocycles. The fourth-order valence-corrected chi connectivity index (χ4v) is 3.84. The minimum absolute atomic E-state index is 0.0644. The van der Waals surface area contributed by atoms with Gasteiger partial charge in [0.1, 0.15) is 5.69 Å². The molecule has 1 N–H and O–H groups in total. The molecule has 0 radical (unpaired) electrons. The van der Waals surface area contributed by atoms with Crippen LogP contribution >= 0.6 is 11.3 Å². The number of carbonyl (C=O) groups excluding carboxylic acids is 1. The zero-order valence-electron chi connectivity index (χ0n) is 13.3. The highest BCUT2D eigenvalue weighted by Gasteiger charge is 2.26. The Bertz CT molecular complexity index is 900. The van der Waals surface area contributed by atoms with Crippen LogP contribution in [0.3, 0.4) is 0 Å². The Balaban J connectivity index is 1.43. The first-order valence-electron chi connectivity index (χ1n) is 7.95. The van der Waals surface area contributed by atoms with Crippen molar-refractivity contribution in [1.82, 2.24) is 29.3 Å². The van der Waals surface area contributed by atoms with Crippen LogP contribution in [0.2, 0.25) is 0 Å². The van der Waals surface area contributed by atoms with Crippen LogP contribution in [0.1, 0.15) is 33.8 Å². The first-order chi connectivity index (χ1) is 12.1. The van der Waals surface area contributed by atoms with E-state index in [0.717, 1.165) is 17.8 Å². The Kier molecular flexibility index (Phi) is 3.96. The number of amides is 1. The average Bonchev–Trinajstić information content (AvgIpc) is 3.29.